The third-order valence-corrected chi connectivity index (χ3v) is 3.93. The van der Waals surface area contributed by atoms with Crippen LogP contribution in [0.25, 0.3) is 0 Å². The molecule has 110 valence electrons. The first-order valence-corrected chi connectivity index (χ1v) is 7.80. The lowest BCUT2D eigenvalue weighted by molar-refractivity contribution is 0.102. The number of para-hydroxylation sites is 1. The Morgan fingerprint density at radius 2 is 1.52 bits per heavy atom. The Bertz CT molecular complexity index is 615. The summed E-state index contributed by atoms with van der Waals surface area (Å²) in [5.74, 6) is 0.237. The smallest absolute Gasteiger partial charge is 0.255 e. The zero-order valence-corrected chi connectivity index (χ0v) is 13.2. The van der Waals surface area contributed by atoms with E-state index in [-0.39, 0.29) is 5.91 Å². The van der Waals surface area contributed by atoms with E-state index >= 15 is 0 Å². The number of benzene rings is 2. The van der Waals surface area contributed by atoms with Crippen LogP contribution in [0.1, 0.15) is 40.9 Å². The van der Waals surface area contributed by atoms with Crippen molar-refractivity contribution in [2.75, 3.05) is 5.32 Å². The number of hydrogen-bond acceptors (Lipinski definition) is 1. The molecular weight excluding hydrogens is 282 g/mol. The number of amides is 1. The minimum Gasteiger partial charge on any atom is -0.321 e. The molecule has 0 radical (unpaired) electrons. The van der Waals surface area contributed by atoms with Crippen molar-refractivity contribution in [1.82, 2.24) is 0 Å². The second-order valence-electron chi connectivity index (χ2n) is 4.90. The molecule has 0 aliphatic carbocycles. The molecular formula is C18H20ClNO. The molecule has 3 heteroatoms. The lowest BCUT2D eigenvalue weighted by Crippen LogP contribution is -2.16. The summed E-state index contributed by atoms with van der Waals surface area (Å²) in [5, 5.41) is 3.07. The van der Waals surface area contributed by atoms with Crippen LogP contribution in [-0.2, 0) is 18.7 Å². The van der Waals surface area contributed by atoms with Crippen molar-refractivity contribution in [2.24, 2.45) is 0 Å². The number of carbonyl (C=O) groups excluding carboxylic acids is 1. The van der Waals surface area contributed by atoms with E-state index < -0.39 is 0 Å². The quantitative estimate of drug-likeness (QED) is 0.789. The van der Waals surface area contributed by atoms with Crippen molar-refractivity contribution in [3.05, 3.63) is 64.7 Å². The second-order valence-corrected chi connectivity index (χ2v) is 5.17. The van der Waals surface area contributed by atoms with Crippen LogP contribution in [0, 0.1) is 0 Å². The molecule has 0 heterocycles. The molecule has 0 bridgehead atoms. The number of carbonyl (C=O) groups is 1. The number of hydrogen-bond donors (Lipinski definition) is 1. The Kier molecular flexibility index (Phi) is 5.40. The van der Waals surface area contributed by atoms with Gasteiger partial charge in [-0.25, -0.2) is 0 Å². The zero-order valence-electron chi connectivity index (χ0n) is 12.4. The van der Waals surface area contributed by atoms with E-state index in [9.17, 15) is 4.79 Å². The molecule has 0 saturated heterocycles. The van der Waals surface area contributed by atoms with E-state index in [4.69, 9.17) is 11.6 Å². The lowest BCUT2D eigenvalue weighted by atomic mass is 10.0. The summed E-state index contributed by atoms with van der Waals surface area (Å²) in [6.45, 7) is 4.19. The fraction of sp³-hybridized carbons (Fsp3) is 0.278. The largest absolute Gasteiger partial charge is 0.321 e. The molecule has 2 aromatic rings. The van der Waals surface area contributed by atoms with Gasteiger partial charge in [-0.2, -0.15) is 0 Å². The molecule has 0 aromatic heterocycles. The first-order valence-electron chi connectivity index (χ1n) is 7.27. The number of halogens is 1. The molecule has 0 atom stereocenters. The van der Waals surface area contributed by atoms with Crippen molar-refractivity contribution in [2.45, 2.75) is 32.6 Å². The first-order chi connectivity index (χ1) is 10.2. The lowest BCUT2D eigenvalue weighted by Gasteiger charge is -2.15. The number of aryl methyl sites for hydroxylation is 2. The van der Waals surface area contributed by atoms with Crippen LogP contribution in [0.4, 0.5) is 5.69 Å². The maximum absolute atomic E-state index is 12.6. The number of nitrogens with one attached hydrogen (secondary N) is 1. The van der Waals surface area contributed by atoms with E-state index in [0.717, 1.165) is 35.2 Å². The van der Waals surface area contributed by atoms with Gasteiger partial charge in [0.25, 0.3) is 5.91 Å². The molecule has 0 aliphatic rings. The van der Waals surface area contributed by atoms with Gasteiger partial charge in [0.15, 0.2) is 0 Å². The molecule has 1 N–H and O–H groups in total. The normalized spacial score (nSPS) is 10.4. The van der Waals surface area contributed by atoms with Crippen molar-refractivity contribution >= 4 is 23.2 Å². The third-order valence-electron chi connectivity index (χ3n) is 3.64. The summed E-state index contributed by atoms with van der Waals surface area (Å²) >= 11 is 5.92. The van der Waals surface area contributed by atoms with E-state index in [1.165, 1.54) is 0 Å². The molecule has 2 aromatic carbocycles. The van der Waals surface area contributed by atoms with Crippen molar-refractivity contribution in [3.8, 4) is 0 Å². The summed E-state index contributed by atoms with van der Waals surface area (Å²) in [5.41, 5.74) is 4.75. The highest BCUT2D eigenvalue weighted by atomic mass is 35.5. The van der Waals surface area contributed by atoms with Gasteiger partial charge in [0.1, 0.15) is 0 Å². The summed E-state index contributed by atoms with van der Waals surface area (Å²) in [4.78, 5) is 12.6. The monoisotopic (exact) mass is 301 g/mol. The van der Waals surface area contributed by atoms with Gasteiger partial charge in [-0.15, -0.1) is 11.6 Å². The van der Waals surface area contributed by atoms with Crippen molar-refractivity contribution < 1.29 is 4.79 Å². The highest BCUT2D eigenvalue weighted by Crippen LogP contribution is 2.24. The maximum atomic E-state index is 12.6. The van der Waals surface area contributed by atoms with Gasteiger partial charge < -0.3 is 5.32 Å². The fourth-order valence-electron chi connectivity index (χ4n) is 2.44. The molecule has 21 heavy (non-hydrogen) atoms. The number of alkyl halides is 1. The average Bonchev–Trinajstić information content (AvgIpc) is 2.54. The highest BCUT2D eigenvalue weighted by molar-refractivity contribution is 6.18. The van der Waals surface area contributed by atoms with Gasteiger partial charge >= 0.3 is 0 Å². The second kappa shape index (κ2) is 7.28. The Morgan fingerprint density at radius 1 is 0.952 bits per heavy atom. The van der Waals surface area contributed by atoms with Crippen LogP contribution < -0.4 is 5.32 Å². The minimum atomic E-state index is -0.0955. The fourth-order valence-corrected chi connectivity index (χ4v) is 2.68. The van der Waals surface area contributed by atoms with Gasteiger partial charge in [-0.1, -0.05) is 50.2 Å². The molecule has 2 nitrogen and oxygen atoms in total. The zero-order chi connectivity index (χ0) is 15.2. The minimum absolute atomic E-state index is 0.0955. The average molecular weight is 302 g/mol. The van der Waals surface area contributed by atoms with E-state index in [1.54, 1.807) is 0 Å². The van der Waals surface area contributed by atoms with Gasteiger partial charge in [-0.3, -0.25) is 4.79 Å². The maximum Gasteiger partial charge on any atom is 0.255 e. The van der Waals surface area contributed by atoms with Gasteiger partial charge in [-0.05, 0) is 35.6 Å². The summed E-state index contributed by atoms with van der Waals surface area (Å²) in [6.07, 6.45) is 1.78. The topological polar surface area (TPSA) is 29.1 Å². The van der Waals surface area contributed by atoms with Crippen LogP contribution >= 0.6 is 11.6 Å². The molecule has 1 amide bonds. The van der Waals surface area contributed by atoms with Crippen LogP contribution in [0.5, 0.6) is 0 Å². The van der Waals surface area contributed by atoms with E-state index in [0.29, 0.717) is 11.4 Å². The van der Waals surface area contributed by atoms with Gasteiger partial charge in [0.05, 0.1) is 0 Å². The Labute approximate surface area is 131 Å². The molecule has 0 spiro atoms. The Morgan fingerprint density at radius 3 is 2.10 bits per heavy atom. The summed E-state index contributed by atoms with van der Waals surface area (Å²) in [6, 6.07) is 13.6. The van der Waals surface area contributed by atoms with Crippen LogP contribution in [0.3, 0.4) is 0 Å². The number of anilines is 1. The molecule has 2 rings (SSSR count). The van der Waals surface area contributed by atoms with Crippen molar-refractivity contribution in [1.29, 1.82) is 0 Å². The van der Waals surface area contributed by atoms with Crippen LogP contribution in [-0.4, -0.2) is 5.91 Å². The molecule has 0 aliphatic heterocycles. The third kappa shape index (κ3) is 3.45. The Balaban J connectivity index is 2.36. The SMILES string of the molecule is CCc1cccc(CC)c1NC(=O)c1ccccc1CCl. The van der Waals surface area contributed by atoms with Gasteiger partial charge in [0.2, 0.25) is 0 Å². The highest BCUT2D eigenvalue weighted by Gasteiger charge is 2.14. The standard InChI is InChI=1S/C18H20ClNO/c1-3-13-9-7-10-14(4-2)17(13)20-18(21)16-11-6-5-8-15(16)12-19/h5-11H,3-4,12H2,1-2H3,(H,20,21). The number of rotatable bonds is 5. The molecule has 0 fully saturated rings. The molecule has 0 saturated carbocycles. The van der Waals surface area contributed by atoms with Crippen LogP contribution in [0.2, 0.25) is 0 Å². The summed E-state index contributed by atoms with van der Waals surface area (Å²) in [7, 11) is 0. The predicted molar refractivity (Wildman–Crippen MR) is 89.2 cm³/mol. The van der Waals surface area contributed by atoms with Crippen LogP contribution in [0.15, 0.2) is 42.5 Å². The first kappa shape index (κ1) is 15.6. The van der Waals surface area contributed by atoms with Crippen molar-refractivity contribution in [3.63, 3.8) is 0 Å². The Hall–Kier alpha value is -1.80. The molecule has 0 unspecified atom stereocenters. The van der Waals surface area contributed by atoms with E-state index in [1.807, 2.05) is 30.3 Å². The predicted octanol–water partition coefficient (Wildman–Crippen LogP) is 4.80. The van der Waals surface area contributed by atoms with E-state index in [2.05, 4.69) is 31.3 Å². The van der Waals surface area contributed by atoms with Gasteiger partial charge in [0, 0.05) is 17.1 Å². The summed E-state index contributed by atoms with van der Waals surface area (Å²) < 4.78 is 0.